The number of carbonyl (C=O) groups excluding carboxylic acids is 2. The molecule has 2 N–H and O–H groups in total. The van der Waals surface area contributed by atoms with Gasteiger partial charge in [0.15, 0.2) is 0 Å². The van der Waals surface area contributed by atoms with Crippen LogP contribution in [0.2, 0.25) is 5.02 Å². The Kier molecular flexibility index (Phi) is 5.90. The first-order valence-corrected chi connectivity index (χ1v) is 7.79. The van der Waals surface area contributed by atoms with Crippen molar-refractivity contribution in [2.24, 2.45) is 5.10 Å². The number of nitrogens with one attached hydrogen (secondary N) is 2. The standard InChI is InChI=1S/C16H13BrClN3O2/c1-10-7-13(18)5-6-14(10)20-15(22)16(23)21-19-9-11-3-2-4-12(17)8-11/h2-9H,1H3,(H,20,22)(H,21,23)/b19-9-. The van der Waals surface area contributed by atoms with Crippen LogP contribution in [0.4, 0.5) is 5.69 Å². The fourth-order valence-corrected chi connectivity index (χ4v) is 2.39. The van der Waals surface area contributed by atoms with E-state index in [1.54, 1.807) is 25.1 Å². The summed E-state index contributed by atoms with van der Waals surface area (Å²) < 4.78 is 0.892. The van der Waals surface area contributed by atoms with Crippen molar-refractivity contribution in [3.8, 4) is 0 Å². The molecule has 0 fully saturated rings. The van der Waals surface area contributed by atoms with Crippen molar-refractivity contribution in [1.82, 2.24) is 5.43 Å². The first-order valence-electron chi connectivity index (χ1n) is 6.62. The Hall–Kier alpha value is -2.18. The van der Waals surface area contributed by atoms with Crippen LogP contribution >= 0.6 is 27.5 Å². The highest BCUT2D eigenvalue weighted by Crippen LogP contribution is 2.19. The maximum Gasteiger partial charge on any atom is 0.329 e. The molecule has 0 aromatic heterocycles. The van der Waals surface area contributed by atoms with E-state index in [4.69, 9.17) is 11.6 Å². The summed E-state index contributed by atoms with van der Waals surface area (Å²) >= 11 is 9.17. The zero-order valence-electron chi connectivity index (χ0n) is 12.1. The molecule has 2 aromatic carbocycles. The Morgan fingerprint density at radius 3 is 2.65 bits per heavy atom. The van der Waals surface area contributed by atoms with Gasteiger partial charge >= 0.3 is 11.8 Å². The minimum atomic E-state index is -0.856. The summed E-state index contributed by atoms with van der Waals surface area (Å²) in [6, 6.07) is 12.3. The second-order valence-corrected chi connectivity index (χ2v) is 6.02. The summed E-state index contributed by atoms with van der Waals surface area (Å²) in [7, 11) is 0. The van der Waals surface area contributed by atoms with Crippen molar-refractivity contribution in [2.45, 2.75) is 6.92 Å². The van der Waals surface area contributed by atoms with E-state index in [9.17, 15) is 9.59 Å². The van der Waals surface area contributed by atoms with Crippen LogP contribution in [0.3, 0.4) is 0 Å². The molecule has 7 heteroatoms. The molecular formula is C16H13BrClN3O2. The number of benzene rings is 2. The number of aryl methyl sites for hydroxylation is 1. The van der Waals surface area contributed by atoms with E-state index in [2.05, 4.69) is 31.8 Å². The molecule has 0 aliphatic rings. The van der Waals surface area contributed by atoms with Gasteiger partial charge < -0.3 is 5.32 Å². The Labute approximate surface area is 146 Å². The predicted octanol–water partition coefficient (Wildman–Crippen LogP) is 3.50. The number of amides is 2. The van der Waals surface area contributed by atoms with Crippen LogP contribution in [0.25, 0.3) is 0 Å². The predicted molar refractivity (Wildman–Crippen MR) is 94.7 cm³/mol. The SMILES string of the molecule is Cc1cc(Cl)ccc1NC(=O)C(=O)N/N=C\c1cccc(Br)c1. The summed E-state index contributed by atoms with van der Waals surface area (Å²) in [5.74, 6) is -1.66. The number of hydrogen-bond acceptors (Lipinski definition) is 3. The van der Waals surface area contributed by atoms with Gasteiger partial charge in [0.25, 0.3) is 0 Å². The summed E-state index contributed by atoms with van der Waals surface area (Å²) in [6.45, 7) is 1.78. The maximum absolute atomic E-state index is 11.8. The summed E-state index contributed by atoms with van der Waals surface area (Å²) in [4.78, 5) is 23.5. The second-order valence-electron chi connectivity index (χ2n) is 4.67. The van der Waals surface area contributed by atoms with Crippen molar-refractivity contribution in [3.05, 3.63) is 63.1 Å². The number of carbonyl (C=O) groups is 2. The highest BCUT2D eigenvalue weighted by molar-refractivity contribution is 9.10. The van der Waals surface area contributed by atoms with E-state index < -0.39 is 11.8 Å². The van der Waals surface area contributed by atoms with Gasteiger partial charge in [0, 0.05) is 15.2 Å². The topological polar surface area (TPSA) is 70.6 Å². The fraction of sp³-hybridized carbons (Fsp3) is 0.0625. The number of anilines is 1. The first kappa shape index (κ1) is 17.2. The van der Waals surface area contributed by atoms with Gasteiger partial charge in [-0.25, -0.2) is 5.43 Å². The molecule has 2 aromatic rings. The van der Waals surface area contributed by atoms with E-state index in [1.165, 1.54) is 6.21 Å². The molecule has 118 valence electrons. The zero-order valence-corrected chi connectivity index (χ0v) is 14.5. The van der Waals surface area contributed by atoms with Crippen molar-refractivity contribution in [2.75, 3.05) is 5.32 Å². The number of hydrogen-bond donors (Lipinski definition) is 2. The first-order chi connectivity index (χ1) is 11.0. The third-order valence-corrected chi connectivity index (χ3v) is 3.60. The maximum atomic E-state index is 11.8. The Balaban J connectivity index is 1.93. The normalized spacial score (nSPS) is 10.6. The van der Waals surface area contributed by atoms with E-state index in [0.29, 0.717) is 10.7 Å². The molecule has 0 aliphatic carbocycles. The van der Waals surface area contributed by atoms with Gasteiger partial charge in [-0.1, -0.05) is 39.7 Å². The molecular weight excluding hydrogens is 382 g/mol. The quantitative estimate of drug-likeness (QED) is 0.475. The van der Waals surface area contributed by atoms with Crippen LogP contribution in [0.15, 0.2) is 52.0 Å². The minimum absolute atomic E-state index is 0.519. The van der Waals surface area contributed by atoms with Crippen LogP contribution in [0, 0.1) is 6.92 Å². The van der Waals surface area contributed by atoms with E-state index in [-0.39, 0.29) is 0 Å². The lowest BCUT2D eigenvalue weighted by Gasteiger charge is -2.07. The van der Waals surface area contributed by atoms with Crippen LogP contribution in [-0.2, 0) is 9.59 Å². The zero-order chi connectivity index (χ0) is 16.8. The third-order valence-electron chi connectivity index (χ3n) is 2.87. The molecule has 0 bridgehead atoms. The Morgan fingerprint density at radius 2 is 1.96 bits per heavy atom. The van der Waals surface area contributed by atoms with Crippen LogP contribution < -0.4 is 10.7 Å². The van der Waals surface area contributed by atoms with E-state index in [1.807, 2.05) is 24.3 Å². The minimum Gasteiger partial charge on any atom is -0.317 e. The molecule has 0 saturated heterocycles. The highest BCUT2D eigenvalue weighted by Gasteiger charge is 2.13. The average molecular weight is 395 g/mol. The molecule has 0 saturated carbocycles. The fourth-order valence-electron chi connectivity index (χ4n) is 1.75. The van der Waals surface area contributed by atoms with Crippen molar-refractivity contribution in [3.63, 3.8) is 0 Å². The average Bonchev–Trinajstić information content (AvgIpc) is 2.50. The largest absolute Gasteiger partial charge is 0.329 e. The van der Waals surface area contributed by atoms with Gasteiger partial charge in [0.05, 0.1) is 6.21 Å². The van der Waals surface area contributed by atoms with Gasteiger partial charge in [-0.2, -0.15) is 5.10 Å². The summed E-state index contributed by atoms with van der Waals surface area (Å²) in [5, 5.41) is 6.82. The van der Waals surface area contributed by atoms with Crippen LogP contribution in [-0.4, -0.2) is 18.0 Å². The molecule has 0 heterocycles. The smallest absolute Gasteiger partial charge is 0.317 e. The van der Waals surface area contributed by atoms with Crippen molar-refractivity contribution in [1.29, 1.82) is 0 Å². The summed E-state index contributed by atoms with van der Waals surface area (Å²) in [6.07, 6.45) is 1.45. The lowest BCUT2D eigenvalue weighted by molar-refractivity contribution is -0.136. The molecule has 0 atom stereocenters. The van der Waals surface area contributed by atoms with Gasteiger partial charge in [-0.15, -0.1) is 0 Å². The van der Waals surface area contributed by atoms with Crippen LogP contribution in [0.5, 0.6) is 0 Å². The molecule has 0 spiro atoms. The Bertz CT molecular complexity index is 778. The third kappa shape index (κ3) is 5.19. The van der Waals surface area contributed by atoms with E-state index >= 15 is 0 Å². The molecule has 2 rings (SSSR count). The Morgan fingerprint density at radius 1 is 1.17 bits per heavy atom. The molecule has 2 amide bonds. The lowest BCUT2D eigenvalue weighted by atomic mass is 10.2. The molecule has 0 aliphatic heterocycles. The molecule has 0 unspecified atom stereocenters. The van der Waals surface area contributed by atoms with Crippen molar-refractivity contribution < 1.29 is 9.59 Å². The number of nitrogens with zero attached hydrogens (tertiary/aromatic N) is 1. The van der Waals surface area contributed by atoms with Crippen LogP contribution in [0.1, 0.15) is 11.1 Å². The van der Waals surface area contributed by atoms with Crippen molar-refractivity contribution >= 4 is 51.2 Å². The monoisotopic (exact) mass is 393 g/mol. The molecule has 23 heavy (non-hydrogen) atoms. The van der Waals surface area contributed by atoms with Gasteiger partial charge in [-0.3, -0.25) is 9.59 Å². The van der Waals surface area contributed by atoms with E-state index in [0.717, 1.165) is 15.6 Å². The number of halogens is 2. The molecule has 5 nitrogen and oxygen atoms in total. The van der Waals surface area contributed by atoms with Gasteiger partial charge in [-0.05, 0) is 48.4 Å². The summed E-state index contributed by atoms with van der Waals surface area (Å²) in [5.41, 5.74) is 4.24. The van der Waals surface area contributed by atoms with Gasteiger partial charge in [0.2, 0.25) is 0 Å². The number of rotatable bonds is 3. The second kappa shape index (κ2) is 7.89. The number of hydrazone groups is 1. The van der Waals surface area contributed by atoms with Gasteiger partial charge in [0.1, 0.15) is 0 Å². The molecule has 0 radical (unpaired) electrons. The highest BCUT2D eigenvalue weighted by atomic mass is 79.9. The lowest BCUT2D eigenvalue weighted by Crippen LogP contribution is -2.32.